The monoisotopic (exact) mass is 269 g/mol. The summed E-state index contributed by atoms with van der Waals surface area (Å²) < 4.78 is 18.6. The number of rotatable bonds is 6. The Hall–Kier alpha value is -1.62. The van der Waals surface area contributed by atoms with E-state index in [1.165, 1.54) is 19.2 Å². The van der Waals surface area contributed by atoms with Gasteiger partial charge >= 0.3 is 5.97 Å². The van der Waals surface area contributed by atoms with Gasteiger partial charge in [-0.05, 0) is 24.1 Å². The van der Waals surface area contributed by atoms with Crippen LogP contribution in [0.3, 0.4) is 0 Å². The van der Waals surface area contributed by atoms with E-state index in [1.807, 2.05) is 6.92 Å². The number of carboxylic acids is 1. The van der Waals surface area contributed by atoms with E-state index in [2.05, 4.69) is 0 Å². The number of aliphatic carboxylic acids is 1. The number of carbonyl (C=O) groups is 1. The van der Waals surface area contributed by atoms with Gasteiger partial charge < -0.3 is 15.6 Å². The second-order valence-corrected chi connectivity index (χ2v) is 4.85. The number of carboxylic acid groups (broad SMARTS) is 1. The van der Waals surface area contributed by atoms with Crippen LogP contribution >= 0.6 is 0 Å². The van der Waals surface area contributed by atoms with Crippen molar-refractivity contribution in [2.75, 3.05) is 7.11 Å². The fourth-order valence-corrected chi connectivity index (χ4v) is 2.23. The first kappa shape index (κ1) is 15.4. The Labute approximate surface area is 112 Å². The number of ether oxygens (including phenoxy) is 1. The van der Waals surface area contributed by atoms with Crippen molar-refractivity contribution in [1.29, 1.82) is 0 Å². The van der Waals surface area contributed by atoms with Gasteiger partial charge in [-0.2, -0.15) is 0 Å². The van der Waals surface area contributed by atoms with Crippen LogP contribution in [0.2, 0.25) is 0 Å². The zero-order valence-electron chi connectivity index (χ0n) is 11.4. The molecule has 0 spiro atoms. The molecule has 2 atom stereocenters. The first-order chi connectivity index (χ1) is 8.85. The maximum Gasteiger partial charge on any atom is 0.304 e. The minimum atomic E-state index is -0.956. The fraction of sp³-hybridized carbons (Fsp3) is 0.500. The summed E-state index contributed by atoms with van der Waals surface area (Å²) in [5.74, 6) is -1.34. The maximum atomic E-state index is 13.8. The minimum Gasteiger partial charge on any atom is -0.494 e. The molecule has 0 fully saturated rings. The lowest BCUT2D eigenvalue weighted by Crippen LogP contribution is -2.44. The van der Waals surface area contributed by atoms with Crippen LogP contribution in [-0.4, -0.2) is 24.2 Å². The van der Waals surface area contributed by atoms with Crippen LogP contribution in [0.1, 0.15) is 32.3 Å². The standard InChI is InChI=1S/C14H20FNO3/c1-4-12(16)14(2,8-13(17)18)9-5-6-11(19-3)10(15)7-9/h5-7,12H,4,8,16H2,1-3H3,(H,17,18). The molecule has 0 radical (unpaired) electrons. The second kappa shape index (κ2) is 6.02. The van der Waals surface area contributed by atoms with E-state index in [0.717, 1.165) is 0 Å². The van der Waals surface area contributed by atoms with Gasteiger partial charge in [0.15, 0.2) is 11.6 Å². The summed E-state index contributed by atoms with van der Waals surface area (Å²) in [7, 11) is 1.38. The van der Waals surface area contributed by atoms with Crippen molar-refractivity contribution in [2.45, 2.75) is 38.1 Å². The van der Waals surface area contributed by atoms with Crippen LogP contribution in [0.4, 0.5) is 4.39 Å². The molecule has 5 heteroatoms. The lowest BCUT2D eigenvalue weighted by molar-refractivity contribution is -0.138. The first-order valence-electron chi connectivity index (χ1n) is 6.16. The van der Waals surface area contributed by atoms with Gasteiger partial charge in [0.1, 0.15) is 0 Å². The number of methoxy groups -OCH3 is 1. The number of halogens is 1. The molecule has 2 unspecified atom stereocenters. The zero-order chi connectivity index (χ0) is 14.6. The molecule has 0 bridgehead atoms. The van der Waals surface area contributed by atoms with E-state index in [4.69, 9.17) is 15.6 Å². The third kappa shape index (κ3) is 3.23. The van der Waals surface area contributed by atoms with Crippen molar-refractivity contribution in [3.63, 3.8) is 0 Å². The molecule has 0 saturated heterocycles. The van der Waals surface area contributed by atoms with Crippen LogP contribution in [0.25, 0.3) is 0 Å². The Morgan fingerprint density at radius 1 is 1.58 bits per heavy atom. The number of nitrogens with two attached hydrogens (primary N) is 1. The van der Waals surface area contributed by atoms with E-state index in [9.17, 15) is 9.18 Å². The van der Waals surface area contributed by atoms with E-state index < -0.39 is 17.2 Å². The lowest BCUT2D eigenvalue weighted by atomic mass is 9.72. The highest BCUT2D eigenvalue weighted by molar-refractivity contribution is 5.69. The molecule has 4 nitrogen and oxygen atoms in total. The summed E-state index contributed by atoms with van der Waals surface area (Å²) in [6.45, 7) is 3.63. The zero-order valence-corrected chi connectivity index (χ0v) is 11.4. The Bertz CT molecular complexity index is 464. The van der Waals surface area contributed by atoms with Gasteiger partial charge in [0, 0.05) is 11.5 Å². The fourth-order valence-electron chi connectivity index (χ4n) is 2.23. The quantitative estimate of drug-likeness (QED) is 0.831. The third-order valence-electron chi connectivity index (χ3n) is 3.59. The summed E-state index contributed by atoms with van der Waals surface area (Å²) in [6, 6.07) is 4.10. The van der Waals surface area contributed by atoms with Crippen molar-refractivity contribution < 1.29 is 19.0 Å². The SMILES string of the molecule is CCC(N)C(C)(CC(=O)O)c1ccc(OC)c(F)c1. The van der Waals surface area contributed by atoms with Crippen molar-refractivity contribution in [1.82, 2.24) is 0 Å². The summed E-state index contributed by atoms with van der Waals surface area (Å²) in [4.78, 5) is 11.0. The number of hydrogen-bond acceptors (Lipinski definition) is 3. The van der Waals surface area contributed by atoms with Gasteiger partial charge in [-0.15, -0.1) is 0 Å². The highest BCUT2D eigenvalue weighted by Crippen LogP contribution is 2.34. The minimum absolute atomic E-state index is 0.131. The van der Waals surface area contributed by atoms with Gasteiger partial charge in [-0.25, -0.2) is 4.39 Å². The molecule has 0 heterocycles. The molecule has 0 aromatic heterocycles. The molecule has 106 valence electrons. The molecular weight excluding hydrogens is 249 g/mol. The first-order valence-corrected chi connectivity index (χ1v) is 6.16. The normalized spacial score (nSPS) is 15.6. The Morgan fingerprint density at radius 2 is 2.21 bits per heavy atom. The van der Waals surface area contributed by atoms with Gasteiger partial charge in [-0.1, -0.05) is 19.9 Å². The van der Waals surface area contributed by atoms with Crippen molar-refractivity contribution in [3.05, 3.63) is 29.6 Å². The van der Waals surface area contributed by atoms with Crippen molar-refractivity contribution in [3.8, 4) is 5.75 Å². The molecule has 0 saturated carbocycles. The highest BCUT2D eigenvalue weighted by Gasteiger charge is 2.35. The van der Waals surface area contributed by atoms with Gasteiger partial charge in [0.05, 0.1) is 13.5 Å². The molecule has 0 aliphatic carbocycles. The number of benzene rings is 1. The predicted octanol–water partition coefficient (Wildman–Crippen LogP) is 2.30. The molecule has 19 heavy (non-hydrogen) atoms. The molecule has 1 aromatic carbocycles. The topological polar surface area (TPSA) is 72.6 Å². The molecule has 0 aliphatic heterocycles. The predicted molar refractivity (Wildman–Crippen MR) is 70.8 cm³/mol. The van der Waals surface area contributed by atoms with E-state index in [1.54, 1.807) is 13.0 Å². The summed E-state index contributed by atoms with van der Waals surface area (Å²) in [5, 5.41) is 9.05. The van der Waals surface area contributed by atoms with Crippen LogP contribution in [0.15, 0.2) is 18.2 Å². The average Bonchev–Trinajstić information content (AvgIpc) is 2.36. The molecule has 0 aliphatic rings. The van der Waals surface area contributed by atoms with Gasteiger partial charge in [0.25, 0.3) is 0 Å². The van der Waals surface area contributed by atoms with Crippen molar-refractivity contribution in [2.24, 2.45) is 5.73 Å². The Morgan fingerprint density at radius 3 is 2.63 bits per heavy atom. The largest absolute Gasteiger partial charge is 0.494 e. The Kier molecular flexibility index (Phi) is 4.89. The molecule has 1 aromatic rings. The summed E-state index contributed by atoms with van der Waals surface area (Å²) in [5.41, 5.74) is 5.80. The van der Waals surface area contributed by atoms with Crippen LogP contribution in [0.5, 0.6) is 5.75 Å². The second-order valence-electron chi connectivity index (χ2n) is 4.85. The van der Waals surface area contributed by atoms with E-state index in [-0.39, 0.29) is 18.2 Å². The maximum absolute atomic E-state index is 13.8. The lowest BCUT2D eigenvalue weighted by Gasteiger charge is -2.34. The van der Waals surface area contributed by atoms with Crippen molar-refractivity contribution >= 4 is 5.97 Å². The van der Waals surface area contributed by atoms with Crippen LogP contribution < -0.4 is 10.5 Å². The average molecular weight is 269 g/mol. The number of hydrogen-bond donors (Lipinski definition) is 2. The van der Waals surface area contributed by atoms with Gasteiger partial charge in [-0.3, -0.25) is 4.79 Å². The molecule has 3 N–H and O–H groups in total. The van der Waals surface area contributed by atoms with Gasteiger partial charge in [0.2, 0.25) is 0 Å². The highest BCUT2D eigenvalue weighted by atomic mass is 19.1. The third-order valence-corrected chi connectivity index (χ3v) is 3.59. The summed E-state index contributed by atoms with van der Waals surface area (Å²) in [6.07, 6.45) is 0.463. The molecule has 0 amide bonds. The van der Waals surface area contributed by atoms with E-state index in [0.29, 0.717) is 12.0 Å². The van der Waals surface area contributed by atoms with Crippen LogP contribution in [0, 0.1) is 5.82 Å². The molecular formula is C14H20FNO3. The Balaban J connectivity index is 3.24. The molecule has 1 rings (SSSR count). The summed E-state index contributed by atoms with van der Waals surface area (Å²) >= 11 is 0. The van der Waals surface area contributed by atoms with Crippen LogP contribution in [-0.2, 0) is 10.2 Å². The van der Waals surface area contributed by atoms with E-state index >= 15 is 0 Å². The smallest absolute Gasteiger partial charge is 0.304 e.